The molecule has 2 aliphatic rings. The Bertz CT molecular complexity index is 673. The third kappa shape index (κ3) is 3.86. The SMILES string of the molecule is COc1ccc(C(=O)C2CC=CCC2C(=O)O)cc1OC1CCCC1. The molecule has 2 aliphatic carbocycles. The maximum atomic E-state index is 12.9. The molecule has 0 radical (unpaired) electrons. The predicted octanol–water partition coefficient (Wildman–Crippen LogP) is 3.87. The molecule has 1 aromatic carbocycles. The second-order valence-corrected chi connectivity index (χ2v) is 6.75. The number of allylic oxidation sites excluding steroid dienone is 2. The zero-order valence-corrected chi connectivity index (χ0v) is 14.4. The molecule has 3 rings (SSSR count). The second-order valence-electron chi connectivity index (χ2n) is 6.75. The van der Waals surface area contributed by atoms with Crippen molar-refractivity contribution in [2.45, 2.75) is 44.6 Å². The predicted molar refractivity (Wildman–Crippen MR) is 93.2 cm³/mol. The van der Waals surface area contributed by atoms with Crippen LogP contribution < -0.4 is 9.47 Å². The van der Waals surface area contributed by atoms with Crippen molar-refractivity contribution >= 4 is 11.8 Å². The van der Waals surface area contributed by atoms with Gasteiger partial charge in [0.05, 0.1) is 19.1 Å². The van der Waals surface area contributed by atoms with Gasteiger partial charge in [-0.2, -0.15) is 0 Å². The van der Waals surface area contributed by atoms with Crippen molar-refractivity contribution in [3.8, 4) is 11.5 Å². The Morgan fingerprint density at radius 2 is 1.72 bits per heavy atom. The highest BCUT2D eigenvalue weighted by atomic mass is 16.5. The Morgan fingerprint density at radius 1 is 1.04 bits per heavy atom. The fraction of sp³-hybridized carbons (Fsp3) is 0.500. The molecule has 0 amide bonds. The molecule has 1 N–H and O–H groups in total. The van der Waals surface area contributed by atoms with E-state index in [1.807, 2.05) is 12.2 Å². The number of aliphatic carboxylic acids is 1. The number of benzene rings is 1. The Balaban J connectivity index is 1.84. The Labute approximate surface area is 147 Å². The van der Waals surface area contributed by atoms with Crippen LogP contribution in [0, 0.1) is 11.8 Å². The molecule has 0 heterocycles. The van der Waals surface area contributed by atoms with Gasteiger partial charge in [-0.1, -0.05) is 12.2 Å². The van der Waals surface area contributed by atoms with Crippen LogP contribution in [0.5, 0.6) is 11.5 Å². The molecule has 0 spiro atoms. The van der Waals surface area contributed by atoms with Crippen LogP contribution in [0.3, 0.4) is 0 Å². The van der Waals surface area contributed by atoms with Crippen LogP contribution in [0.4, 0.5) is 0 Å². The van der Waals surface area contributed by atoms with E-state index in [2.05, 4.69) is 0 Å². The molecule has 0 aliphatic heterocycles. The fourth-order valence-corrected chi connectivity index (χ4v) is 3.70. The molecular formula is C20H24O5. The number of hydrogen-bond donors (Lipinski definition) is 1. The van der Waals surface area contributed by atoms with Gasteiger partial charge in [0.1, 0.15) is 0 Å². The summed E-state index contributed by atoms with van der Waals surface area (Å²) in [6.45, 7) is 0. The number of carbonyl (C=O) groups is 2. The van der Waals surface area contributed by atoms with Gasteiger partial charge in [0.15, 0.2) is 17.3 Å². The summed E-state index contributed by atoms with van der Waals surface area (Å²) in [4.78, 5) is 24.4. The third-order valence-electron chi connectivity index (χ3n) is 5.13. The van der Waals surface area contributed by atoms with Crippen molar-refractivity contribution in [2.75, 3.05) is 7.11 Å². The number of Topliss-reactive ketones (excluding diaryl/α,β-unsaturated/α-hetero) is 1. The summed E-state index contributed by atoms with van der Waals surface area (Å²) < 4.78 is 11.4. The number of rotatable bonds is 6. The van der Waals surface area contributed by atoms with Crippen molar-refractivity contribution in [3.63, 3.8) is 0 Å². The standard InChI is InChI=1S/C20H24O5/c1-24-17-11-10-13(12-18(17)25-14-6-2-3-7-14)19(21)15-8-4-5-9-16(15)20(22)23/h4-5,10-12,14-16H,2-3,6-9H2,1H3,(H,22,23). The number of carbonyl (C=O) groups excluding carboxylic acids is 1. The van der Waals surface area contributed by atoms with Gasteiger partial charge in [0, 0.05) is 11.5 Å². The van der Waals surface area contributed by atoms with Crippen LogP contribution in [0.15, 0.2) is 30.4 Å². The van der Waals surface area contributed by atoms with Gasteiger partial charge in [-0.3, -0.25) is 9.59 Å². The summed E-state index contributed by atoms with van der Waals surface area (Å²) in [6, 6.07) is 5.13. The van der Waals surface area contributed by atoms with Gasteiger partial charge in [-0.15, -0.1) is 0 Å². The summed E-state index contributed by atoms with van der Waals surface area (Å²) in [7, 11) is 1.57. The molecule has 0 bridgehead atoms. The summed E-state index contributed by atoms with van der Waals surface area (Å²) in [6.07, 6.45) is 9.07. The van der Waals surface area contributed by atoms with E-state index >= 15 is 0 Å². The van der Waals surface area contributed by atoms with Crippen molar-refractivity contribution < 1.29 is 24.2 Å². The van der Waals surface area contributed by atoms with Crippen LogP contribution in [0.2, 0.25) is 0 Å². The number of ether oxygens (including phenoxy) is 2. The zero-order chi connectivity index (χ0) is 17.8. The minimum absolute atomic E-state index is 0.143. The maximum Gasteiger partial charge on any atom is 0.307 e. The Morgan fingerprint density at radius 3 is 2.36 bits per heavy atom. The lowest BCUT2D eigenvalue weighted by Gasteiger charge is -2.24. The Kier molecular flexibility index (Phi) is 5.41. The van der Waals surface area contributed by atoms with Crippen molar-refractivity contribution in [1.82, 2.24) is 0 Å². The van der Waals surface area contributed by atoms with E-state index in [4.69, 9.17) is 9.47 Å². The van der Waals surface area contributed by atoms with Gasteiger partial charge in [-0.25, -0.2) is 0 Å². The lowest BCUT2D eigenvalue weighted by atomic mass is 9.78. The van der Waals surface area contributed by atoms with Crippen LogP contribution >= 0.6 is 0 Å². The van der Waals surface area contributed by atoms with Crippen molar-refractivity contribution in [2.24, 2.45) is 11.8 Å². The first kappa shape index (κ1) is 17.5. The van der Waals surface area contributed by atoms with E-state index in [0.29, 0.717) is 29.9 Å². The molecule has 1 fully saturated rings. The molecule has 1 saturated carbocycles. The fourth-order valence-electron chi connectivity index (χ4n) is 3.70. The molecule has 5 nitrogen and oxygen atoms in total. The van der Waals surface area contributed by atoms with Gasteiger partial charge in [-0.05, 0) is 56.7 Å². The van der Waals surface area contributed by atoms with Gasteiger partial charge >= 0.3 is 5.97 Å². The maximum absolute atomic E-state index is 12.9. The molecule has 2 atom stereocenters. The van der Waals surface area contributed by atoms with E-state index in [1.165, 1.54) is 0 Å². The minimum atomic E-state index is -0.918. The molecule has 1 aromatic rings. The van der Waals surface area contributed by atoms with Crippen LogP contribution in [0.25, 0.3) is 0 Å². The van der Waals surface area contributed by atoms with E-state index in [0.717, 1.165) is 25.7 Å². The summed E-state index contributed by atoms with van der Waals surface area (Å²) in [5.74, 6) is -1.09. The molecule has 0 aromatic heterocycles. The van der Waals surface area contributed by atoms with Gasteiger partial charge in [0.2, 0.25) is 0 Å². The molecule has 2 unspecified atom stereocenters. The monoisotopic (exact) mass is 344 g/mol. The highest BCUT2D eigenvalue weighted by Gasteiger charge is 2.34. The number of hydrogen-bond acceptors (Lipinski definition) is 4. The average Bonchev–Trinajstić information content (AvgIpc) is 3.14. The number of ketones is 1. The first-order valence-electron chi connectivity index (χ1n) is 8.87. The first-order chi connectivity index (χ1) is 12.1. The molecule has 0 saturated heterocycles. The van der Waals surface area contributed by atoms with Crippen LogP contribution in [0.1, 0.15) is 48.9 Å². The number of methoxy groups -OCH3 is 1. The molecular weight excluding hydrogens is 320 g/mol. The Hall–Kier alpha value is -2.30. The molecule has 5 heteroatoms. The van der Waals surface area contributed by atoms with Crippen LogP contribution in [-0.2, 0) is 4.79 Å². The summed E-state index contributed by atoms with van der Waals surface area (Å²) in [5.41, 5.74) is 0.486. The van der Waals surface area contributed by atoms with E-state index in [1.54, 1.807) is 25.3 Å². The minimum Gasteiger partial charge on any atom is -0.493 e. The lowest BCUT2D eigenvalue weighted by molar-refractivity contribution is -0.143. The number of carboxylic acids is 1. The largest absolute Gasteiger partial charge is 0.493 e. The first-order valence-corrected chi connectivity index (χ1v) is 8.87. The molecule has 25 heavy (non-hydrogen) atoms. The quantitative estimate of drug-likeness (QED) is 0.626. The highest BCUT2D eigenvalue weighted by Crippen LogP contribution is 2.35. The van der Waals surface area contributed by atoms with Crippen LogP contribution in [-0.4, -0.2) is 30.1 Å². The normalized spacial score (nSPS) is 23.4. The van der Waals surface area contributed by atoms with Gasteiger partial charge < -0.3 is 14.6 Å². The second kappa shape index (κ2) is 7.72. The average molecular weight is 344 g/mol. The lowest BCUT2D eigenvalue weighted by Crippen LogP contribution is -2.31. The van der Waals surface area contributed by atoms with E-state index in [9.17, 15) is 14.7 Å². The highest BCUT2D eigenvalue weighted by molar-refractivity contribution is 6.00. The van der Waals surface area contributed by atoms with E-state index in [-0.39, 0.29) is 11.9 Å². The smallest absolute Gasteiger partial charge is 0.307 e. The molecule has 134 valence electrons. The van der Waals surface area contributed by atoms with Crippen molar-refractivity contribution in [3.05, 3.63) is 35.9 Å². The summed E-state index contributed by atoms with van der Waals surface area (Å²) >= 11 is 0. The van der Waals surface area contributed by atoms with Crippen molar-refractivity contribution in [1.29, 1.82) is 0 Å². The van der Waals surface area contributed by atoms with E-state index < -0.39 is 17.8 Å². The third-order valence-corrected chi connectivity index (χ3v) is 5.13. The zero-order valence-electron chi connectivity index (χ0n) is 14.4. The van der Waals surface area contributed by atoms with Gasteiger partial charge in [0.25, 0.3) is 0 Å². The topological polar surface area (TPSA) is 72.8 Å². The summed E-state index contributed by atoms with van der Waals surface area (Å²) in [5, 5.41) is 9.40. The number of carboxylic acid groups (broad SMARTS) is 1.